The molecule has 0 aromatic carbocycles. The summed E-state index contributed by atoms with van der Waals surface area (Å²) in [5.41, 5.74) is 1.62. The molecule has 0 aliphatic heterocycles. The van der Waals surface area contributed by atoms with Crippen molar-refractivity contribution in [2.24, 2.45) is 0 Å². The predicted molar refractivity (Wildman–Crippen MR) is 70.4 cm³/mol. The topological polar surface area (TPSA) is 78.5 Å². The Balaban J connectivity index is 1.71. The highest BCUT2D eigenvalue weighted by Crippen LogP contribution is 2.23. The van der Waals surface area contributed by atoms with Gasteiger partial charge in [0.1, 0.15) is 11.8 Å². The summed E-state index contributed by atoms with van der Waals surface area (Å²) in [6, 6.07) is 1.16. The van der Waals surface area contributed by atoms with Gasteiger partial charge in [-0.2, -0.15) is 0 Å². The second kappa shape index (κ2) is 4.89. The third-order valence-electron chi connectivity index (χ3n) is 3.70. The van der Waals surface area contributed by atoms with Gasteiger partial charge in [0.15, 0.2) is 11.5 Å². The molecule has 2 aromatic rings. The highest BCUT2D eigenvalue weighted by atomic mass is 15.1. The number of imidazole rings is 1. The lowest BCUT2D eigenvalue weighted by Crippen LogP contribution is -2.35. The van der Waals surface area contributed by atoms with Gasteiger partial charge in [-0.3, -0.25) is 0 Å². The van der Waals surface area contributed by atoms with E-state index < -0.39 is 0 Å². The third kappa shape index (κ3) is 2.15. The molecule has 0 saturated heterocycles. The van der Waals surface area contributed by atoms with Crippen LogP contribution < -0.4 is 10.6 Å². The van der Waals surface area contributed by atoms with Crippen LogP contribution in [0, 0.1) is 0 Å². The van der Waals surface area contributed by atoms with Gasteiger partial charge in [0.25, 0.3) is 0 Å². The second-order valence-electron chi connectivity index (χ2n) is 4.80. The van der Waals surface area contributed by atoms with Crippen molar-refractivity contribution < 1.29 is 0 Å². The van der Waals surface area contributed by atoms with E-state index in [4.69, 9.17) is 0 Å². The monoisotopic (exact) mass is 246 g/mol. The van der Waals surface area contributed by atoms with Gasteiger partial charge in [-0.05, 0) is 32.7 Å². The second-order valence-corrected chi connectivity index (χ2v) is 4.80. The molecule has 96 valence electrons. The van der Waals surface area contributed by atoms with Gasteiger partial charge < -0.3 is 15.6 Å². The van der Waals surface area contributed by atoms with E-state index >= 15 is 0 Å². The van der Waals surface area contributed by atoms with Crippen molar-refractivity contribution in [1.82, 2.24) is 25.3 Å². The zero-order valence-corrected chi connectivity index (χ0v) is 10.5. The number of H-pyrrole nitrogens is 1. The number of aromatic nitrogens is 4. The zero-order valence-electron chi connectivity index (χ0n) is 10.5. The minimum absolute atomic E-state index is 0.496. The van der Waals surface area contributed by atoms with Crippen LogP contribution in [0.4, 0.5) is 5.82 Å². The number of nitrogens with one attached hydrogen (secondary N) is 3. The lowest BCUT2D eigenvalue weighted by molar-refractivity contribution is 0.371. The van der Waals surface area contributed by atoms with E-state index in [2.05, 4.69) is 30.6 Å². The van der Waals surface area contributed by atoms with Crippen molar-refractivity contribution in [3.05, 3.63) is 12.7 Å². The molecular weight excluding hydrogens is 228 g/mol. The molecule has 3 N–H and O–H groups in total. The predicted octanol–water partition coefficient (Wildman–Crippen LogP) is 1.30. The lowest BCUT2D eigenvalue weighted by atomic mass is 9.91. The van der Waals surface area contributed by atoms with Gasteiger partial charge in [-0.25, -0.2) is 15.0 Å². The largest absolute Gasteiger partial charge is 0.365 e. The van der Waals surface area contributed by atoms with Crippen LogP contribution >= 0.6 is 0 Å². The molecule has 0 atom stereocenters. The van der Waals surface area contributed by atoms with Gasteiger partial charge in [0, 0.05) is 12.1 Å². The van der Waals surface area contributed by atoms with Gasteiger partial charge in [0.2, 0.25) is 0 Å². The quantitative estimate of drug-likeness (QED) is 0.760. The molecule has 3 rings (SSSR count). The van der Waals surface area contributed by atoms with Gasteiger partial charge in [-0.15, -0.1) is 0 Å². The standard InChI is InChI=1S/C12H18N6/c1-13-8-2-4-9(5-3-8)18-12-10-11(15-6-14-10)16-7-17-12/h6-9,13H,2-5H2,1H3,(H2,14,15,16,17,18). The third-order valence-corrected chi connectivity index (χ3v) is 3.70. The molecule has 0 spiro atoms. The number of rotatable bonds is 3. The van der Waals surface area contributed by atoms with E-state index in [1.54, 1.807) is 12.7 Å². The molecular formula is C12H18N6. The number of fused-ring (bicyclic) bond motifs is 1. The summed E-state index contributed by atoms with van der Waals surface area (Å²) < 4.78 is 0. The van der Waals surface area contributed by atoms with E-state index in [-0.39, 0.29) is 0 Å². The highest BCUT2D eigenvalue weighted by Gasteiger charge is 2.20. The Morgan fingerprint density at radius 3 is 2.67 bits per heavy atom. The normalized spacial score (nSPS) is 24.3. The van der Waals surface area contributed by atoms with Crippen molar-refractivity contribution >= 4 is 17.0 Å². The molecule has 0 amide bonds. The minimum atomic E-state index is 0.496. The molecule has 0 unspecified atom stereocenters. The van der Waals surface area contributed by atoms with Crippen LogP contribution in [-0.4, -0.2) is 39.1 Å². The summed E-state index contributed by atoms with van der Waals surface area (Å²) in [6.07, 6.45) is 7.99. The van der Waals surface area contributed by atoms with Gasteiger partial charge >= 0.3 is 0 Å². The number of nitrogens with zero attached hydrogens (tertiary/aromatic N) is 3. The Hall–Kier alpha value is -1.69. The van der Waals surface area contributed by atoms with E-state index in [0.717, 1.165) is 17.0 Å². The van der Waals surface area contributed by atoms with E-state index in [1.165, 1.54) is 25.7 Å². The van der Waals surface area contributed by atoms with E-state index in [0.29, 0.717) is 12.1 Å². The highest BCUT2D eigenvalue weighted by molar-refractivity contribution is 5.82. The van der Waals surface area contributed by atoms with Crippen LogP contribution in [0.3, 0.4) is 0 Å². The fourth-order valence-electron chi connectivity index (χ4n) is 2.59. The molecule has 1 aliphatic carbocycles. The number of hydrogen-bond acceptors (Lipinski definition) is 5. The molecule has 6 nitrogen and oxygen atoms in total. The Morgan fingerprint density at radius 2 is 1.89 bits per heavy atom. The number of anilines is 1. The molecule has 1 saturated carbocycles. The Morgan fingerprint density at radius 1 is 1.11 bits per heavy atom. The van der Waals surface area contributed by atoms with E-state index in [1.807, 2.05) is 7.05 Å². The van der Waals surface area contributed by atoms with Crippen molar-refractivity contribution in [3.8, 4) is 0 Å². The van der Waals surface area contributed by atoms with Gasteiger partial charge in [-0.1, -0.05) is 0 Å². The maximum absolute atomic E-state index is 4.30. The van der Waals surface area contributed by atoms with Crippen LogP contribution in [0.15, 0.2) is 12.7 Å². The van der Waals surface area contributed by atoms with E-state index in [9.17, 15) is 0 Å². The first-order valence-corrected chi connectivity index (χ1v) is 6.44. The molecule has 1 fully saturated rings. The lowest BCUT2D eigenvalue weighted by Gasteiger charge is -2.29. The molecule has 2 aromatic heterocycles. The van der Waals surface area contributed by atoms with Crippen LogP contribution in [0.5, 0.6) is 0 Å². The Labute approximate surface area is 106 Å². The fraction of sp³-hybridized carbons (Fsp3) is 0.583. The molecule has 0 bridgehead atoms. The molecule has 6 heteroatoms. The minimum Gasteiger partial charge on any atom is -0.365 e. The maximum atomic E-state index is 4.30. The summed E-state index contributed by atoms with van der Waals surface area (Å²) >= 11 is 0. The smallest absolute Gasteiger partial charge is 0.182 e. The van der Waals surface area contributed by atoms with Crippen LogP contribution in [0.2, 0.25) is 0 Å². The first kappa shape index (κ1) is 11.4. The van der Waals surface area contributed by atoms with Crippen molar-refractivity contribution in [2.45, 2.75) is 37.8 Å². The Bertz CT molecular complexity index is 514. The summed E-state index contributed by atoms with van der Waals surface area (Å²) in [5.74, 6) is 0.866. The van der Waals surface area contributed by atoms with Crippen molar-refractivity contribution in [1.29, 1.82) is 0 Å². The summed E-state index contributed by atoms with van der Waals surface area (Å²) in [5, 5.41) is 6.85. The molecule has 1 aliphatic rings. The average Bonchev–Trinajstić information content (AvgIpc) is 2.89. The summed E-state index contributed by atoms with van der Waals surface area (Å²) in [4.78, 5) is 15.6. The molecule has 0 radical (unpaired) electrons. The van der Waals surface area contributed by atoms with Crippen molar-refractivity contribution in [3.63, 3.8) is 0 Å². The molecule has 18 heavy (non-hydrogen) atoms. The summed E-state index contributed by atoms with van der Waals surface area (Å²) in [6.45, 7) is 0. The first-order valence-electron chi connectivity index (χ1n) is 6.44. The maximum Gasteiger partial charge on any atom is 0.182 e. The number of aromatic amines is 1. The molecule has 2 heterocycles. The zero-order chi connectivity index (χ0) is 12.4. The van der Waals surface area contributed by atoms with Crippen LogP contribution in [0.1, 0.15) is 25.7 Å². The SMILES string of the molecule is CNC1CCC(Nc2ncnc3nc[nH]c23)CC1. The first-order chi connectivity index (χ1) is 8.86. The average molecular weight is 246 g/mol. The van der Waals surface area contributed by atoms with Crippen LogP contribution in [-0.2, 0) is 0 Å². The number of hydrogen-bond donors (Lipinski definition) is 3. The Kier molecular flexibility index (Phi) is 3.10. The van der Waals surface area contributed by atoms with Crippen molar-refractivity contribution in [2.75, 3.05) is 12.4 Å². The fourth-order valence-corrected chi connectivity index (χ4v) is 2.59. The van der Waals surface area contributed by atoms with Gasteiger partial charge in [0.05, 0.1) is 6.33 Å². The summed E-state index contributed by atoms with van der Waals surface area (Å²) in [7, 11) is 2.04. The van der Waals surface area contributed by atoms with Crippen LogP contribution in [0.25, 0.3) is 11.2 Å².